The molecule has 0 N–H and O–H groups in total. The molecule has 0 atom stereocenters. The van der Waals surface area contributed by atoms with Gasteiger partial charge in [-0.3, -0.25) is 0 Å². The van der Waals surface area contributed by atoms with E-state index < -0.39 is 0 Å². The molecule has 0 saturated carbocycles. The molecule has 13 aromatic rings. The minimum absolute atomic E-state index is 0.248. The SMILES string of the molecule is CC(C)c1c2c3cccc4c5ccc6c7ccccc7oc6c5n(c2c(C(C)C)c2c5cccc6c7ccc8c9ccccc9oc8c7n(c12)c65)c43. The van der Waals surface area contributed by atoms with Crippen LogP contribution in [0.3, 0.4) is 0 Å². The molecule has 4 nitrogen and oxygen atoms in total. The Hall–Kier alpha value is -6.26. The molecule has 0 radical (unpaired) electrons. The van der Waals surface area contributed by atoms with Crippen LogP contribution in [0.5, 0.6) is 0 Å². The van der Waals surface area contributed by atoms with Crippen molar-refractivity contribution in [1.82, 2.24) is 8.80 Å². The van der Waals surface area contributed by atoms with Crippen LogP contribution in [0.25, 0.3) is 120 Å². The molecule has 6 aromatic heterocycles. The molecule has 0 fully saturated rings. The summed E-state index contributed by atoms with van der Waals surface area (Å²) in [6, 6.07) is 39.8. The number of rotatable bonds is 2. The number of furan rings is 2. The van der Waals surface area contributed by atoms with Crippen molar-refractivity contribution in [2.45, 2.75) is 39.5 Å². The highest BCUT2D eigenvalue weighted by molar-refractivity contribution is 6.34. The third kappa shape index (κ3) is 2.91. The first-order valence-corrected chi connectivity index (χ1v) is 18.5. The van der Waals surface area contributed by atoms with Crippen molar-refractivity contribution >= 4 is 120 Å². The monoisotopic (exact) mass is 668 g/mol. The Balaban J connectivity index is 1.37. The van der Waals surface area contributed by atoms with Crippen molar-refractivity contribution in [1.29, 1.82) is 0 Å². The quantitative estimate of drug-likeness (QED) is 0.184. The summed E-state index contributed by atoms with van der Waals surface area (Å²) in [6.45, 7) is 9.49. The Labute approximate surface area is 296 Å². The first kappa shape index (κ1) is 27.5. The van der Waals surface area contributed by atoms with E-state index in [1.165, 1.54) is 76.3 Å². The molecular formula is C48H32N2O2. The van der Waals surface area contributed by atoms with Gasteiger partial charge in [0.2, 0.25) is 0 Å². The Bertz CT molecular complexity index is 3450. The van der Waals surface area contributed by atoms with Crippen molar-refractivity contribution in [2.75, 3.05) is 0 Å². The number of hydrogen-bond donors (Lipinski definition) is 0. The van der Waals surface area contributed by atoms with E-state index in [1.54, 1.807) is 0 Å². The zero-order valence-electron chi connectivity index (χ0n) is 29.3. The smallest absolute Gasteiger partial charge is 0.160 e. The van der Waals surface area contributed by atoms with Crippen LogP contribution in [0.15, 0.2) is 118 Å². The molecule has 13 rings (SSSR count). The summed E-state index contributed by atoms with van der Waals surface area (Å²) in [4.78, 5) is 0. The molecule has 6 heterocycles. The predicted octanol–water partition coefficient (Wildman–Crippen LogP) is 14.0. The minimum Gasteiger partial charge on any atom is -0.454 e. The Morgan fingerprint density at radius 1 is 0.346 bits per heavy atom. The summed E-state index contributed by atoms with van der Waals surface area (Å²) in [7, 11) is 0. The number of benzene rings is 7. The number of nitrogens with zero attached hydrogens (tertiary/aromatic N) is 2. The van der Waals surface area contributed by atoms with E-state index in [0.717, 1.165) is 54.9 Å². The van der Waals surface area contributed by atoms with Crippen molar-refractivity contribution in [3.05, 3.63) is 120 Å². The molecule has 4 heteroatoms. The molecular weight excluding hydrogens is 637 g/mol. The minimum atomic E-state index is 0.248. The van der Waals surface area contributed by atoms with Gasteiger partial charge in [0.15, 0.2) is 11.2 Å². The molecule has 0 saturated heterocycles. The molecule has 0 unspecified atom stereocenters. The predicted molar refractivity (Wildman–Crippen MR) is 218 cm³/mol. The standard InChI is InChI=1S/C48H32N2O2/c1-23(2)37-39-33-15-9-13-27-30-20-22-32-26-12-6-8-18-36(26)52-48(32)44(30)50(41(27)33)46(39)38(24(3)4)40-34-16-10-14-28-29-19-21-31-25-11-5-7-17-35(25)51-47(31)43(29)49(42(28)34)45(37)40/h5-24H,1-4H3. The van der Waals surface area contributed by atoms with Gasteiger partial charge >= 0.3 is 0 Å². The van der Waals surface area contributed by atoms with Crippen LogP contribution in [-0.2, 0) is 0 Å². The molecule has 0 aliphatic rings. The van der Waals surface area contributed by atoms with E-state index in [4.69, 9.17) is 8.83 Å². The van der Waals surface area contributed by atoms with Crippen LogP contribution in [0, 0.1) is 0 Å². The summed E-state index contributed by atoms with van der Waals surface area (Å²) in [6.07, 6.45) is 0. The normalized spacial score (nSPS) is 13.3. The van der Waals surface area contributed by atoms with Gasteiger partial charge in [-0.1, -0.05) is 113 Å². The number of aromatic nitrogens is 2. The van der Waals surface area contributed by atoms with Crippen molar-refractivity contribution < 1.29 is 8.83 Å². The first-order chi connectivity index (χ1) is 25.5. The third-order valence-corrected chi connectivity index (χ3v) is 12.3. The van der Waals surface area contributed by atoms with Gasteiger partial charge in [-0.25, -0.2) is 0 Å². The van der Waals surface area contributed by atoms with E-state index in [-0.39, 0.29) is 11.8 Å². The topological polar surface area (TPSA) is 35.1 Å². The van der Waals surface area contributed by atoms with E-state index in [9.17, 15) is 0 Å². The summed E-state index contributed by atoms with van der Waals surface area (Å²) in [5.74, 6) is 0.496. The van der Waals surface area contributed by atoms with E-state index in [0.29, 0.717) is 0 Å². The fourth-order valence-electron chi connectivity index (χ4n) is 10.4. The van der Waals surface area contributed by atoms with Crippen molar-refractivity contribution in [3.8, 4) is 0 Å². The Kier molecular flexibility index (Phi) is 4.73. The number of fused-ring (bicyclic) bond motifs is 20. The van der Waals surface area contributed by atoms with Gasteiger partial charge < -0.3 is 17.6 Å². The van der Waals surface area contributed by atoms with Crippen LogP contribution in [0.2, 0.25) is 0 Å². The fraction of sp³-hybridized carbons (Fsp3) is 0.125. The lowest BCUT2D eigenvalue weighted by molar-refractivity contribution is 0.671. The molecule has 0 aliphatic heterocycles. The average molecular weight is 669 g/mol. The Morgan fingerprint density at radius 3 is 1.15 bits per heavy atom. The summed E-state index contributed by atoms with van der Waals surface area (Å²) >= 11 is 0. The maximum absolute atomic E-state index is 6.81. The second kappa shape index (κ2) is 8.96. The molecule has 0 spiro atoms. The lowest BCUT2D eigenvalue weighted by atomic mass is 9.87. The van der Waals surface area contributed by atoms with Crippen molar-refractivity contribution in [3.63, 3.8) is 0 Å². The van der Waals surface area contributed by atoms with Gasteiger partial charge in [0.25, 0.3) is 0 Å². The van der Waals surface area contributed by atoms with E-state index in [1.807, 2.05) is 0 Å². The highest BCUT2D eigenvalue weighted by Gasteiger charge is 2.32. The van der Waals surface area contributed by atoms with Gasteiger partial charge in [-0.15, -0.1) is 0 Å². The fourth-order valence-corrected chi connectivity index (χ4v) is 10.4. The number of hydrogen-bond acceptors (Lipinski definition) is 2. The van der Waals surface area contributed by atoms with Gasteiger partial charge in [-0.05, 0) is 47.2 Å². The van der Waals surface area contributed by atoms with E-state index >= 15 is 0 Å². The van der Waals surface area contributed by atoms with E-state index in [2.05, 4.69) is 146 Å². The van der Waals surface area contributed by atoms with Gasteiger partial charge in [0.1, 0.15) is 11.2 Å². The lowest BCUT2D eigenvalue weighted by Gasteiger charge is -2.19. The lowest BCUT2D eigenvalue weighted by Crippen LogP contribution is -2.01. The van der Waals surface area contributed by atoms with Gasteiger partial charge in [0.05, 0.1) is 33.1 Å². The van der Waals surface area contributed by atoms with Gasteiger partial charge in [-0.2, -0.15) is 0 Å². The van der Waals surface area contributed by atoms with Crippen LogP contribution < -0.4 is 0 Å². The number of para-hydroxylation sites is 4. The molecule has 0 aliphatic carbocycles. The summed E-state index contributed by atoms with van der Waals surface area (Å²) in [5.41, 5.74) is 14.1. The van der Waals surface area contributed by atoms with Crippen molar-refractivity contribution in [2.24, 2.45) is 0 Å². The molecule has 246 valence electrons. The first-order valence-electron chi connectivity index (χ1n) is 18.5. The highest BCUT2D eigenvalue weighted by atomic mass is 16.3. The average Bonchev–Trinajstić information content (AvgIpc) is 3.99. The van der Waals surface area contributed by atoms with Crippen LogP contribution >= 0.6 is 0 Å². The largest absolute Gasteiger partial charge is 0.454 e. The molecule has 0 amide bonds. The van der Waals surface area contributed by atoms with Crippen LogP contribution in [0.1, 0.15) is 50.7 Å². The zero-order valence-corrected chi connectivity index (χ0v) is 29.3. The highest BCUT2D eigenvalue weighted by Crippen LogP contribution is 2.53. The second-order valence-corrected chi connectivity index (χ2v) is 15.5. The molecule has 0 bridgehead atoms. The molecule has 7 aromatic carbocycles. The summed E-state index contributed by atoms with van der Waals surface area (Å²) in [5, 5.41) is 15.0. The maximum atomic E-state index is 6.81. The van der Waals surface area contributed by atoms with Crippen LogP contribution in [0.4, 0.5) is 0 Å². The second-order valence-electron chi connectivity index (χ2n) is 15.5. The Morgan fingerprint density at radius 2 is 0.712 bits per heavy atom. The zero-order chi connectivity index (χ0) is 34.3. The van der Waals surface area contributed by atoms with Crippen LogP contribution in [-0.4, -0.2) is 8.80 Å². The summed E-state index contributed by atoms with van der Waals surface area (Å²) < 4.78 is 18.8. The van der Waals surface area contributed by atoms with Gasteiger partial charge in [0, 0.05) is 64.6 Å². The molecule has 52 heavy (non-hydrogen) atoms. The third-order valence-electron chi connectivity index (χ3n) is 12.3. The maximum Gasteiger partial charge on any atom is 0.160 e.